The Balaban J connectivity index is 1.57. The molecule has 2 rings (SSSR count). The Labute approximate surface area is 124 Å². The number of nitrogens with zero attached hydrogens (tertiary/aromatic N) is 1. The molecule has 1 saturated heterocycles. The van der Waals surface area contributed by atoms with Crippen LogP contribution in [0.5, 0.6) is 5.75 Å². The quantitative estimate of drug-likeness (QED) is 0.720. The number of halogens is 2. The normalized spacial score (nSPS) is 15.9. The lowest BCUT2D eigenvalue weighted by Crippen LogP contribution is -2.24. The van der Waals surface area contributed by atoms with E-state index >= 15 is 0 Å². The maximum absolute atomic E-state index is 6.01. The summed E-state index contributed by atoms with van der Waals surface area (Å²) in [6, 6.07) is 5.36. The molecular weight excluding hydrogens is 285 g/mol. The summed E-state index contributed by atoms with van der Waals surface area (Å²) < 4.78 is 11.1. The molecule has 1 aromatic carbocycles. The minimum absolute atomic E-state index is 0.459. The van der Waals surface area contributed by atoms with Crippen LogP contribution in [0.1, 0.15) is 12.8 Å². The van der Waals surface area contributed by atoms with Crippen LogP contribution in [0.25, 0.3) is 0 Å². The van der Waals surface area contributed by atoms with Crippen molar-refractivity contribution in [2.45, 2.75) is 12.8 Å². The molecule has 0 spiro atoms. The minimum atomic E-state index is 0.459. The van der Waals surface area contributed by atoms with Crippen LogP contribution in [0.3, 0.4) is 0 Å². The molecule has 3 nitrogen and oxygen atoms in total. The number of hydrogen-bond acceptors (Lipinski definition) is 3. The fourth-order valence-corrected chi connectivity index (χ4v) is 2.45. The maximum Gasteiger partial charge on any atom is 0.139 e. The van der Waals surface area contributed by atoms with Crippen molar-refractivity contribution in [3.8, 4) is 5.75 Å². The first-order valence-corrected chi connectivity index (χ1v) is 7.40. The van der Waals surface area contributed by atoms with Crippen LogP contribution in [0, 0.1) is 0 Å². The van der Waals surface area contributed by atoms with E-state index in [0.717, 1.165) is 13.2 Å². The first kappa shape index (κ1) is 14.9. The Kier molecular flexibility index (Phi) is 6.24. The third-order valence-corrected chi connectivity index (χ3v) is 3.95. The summed E-state index contributed by atoms with van der Waals surface area (Å²) in [7, 11) is 0. The van der Waals surface area contributed by atoms with Gasteiger partial charge in [-0.2, -0.15) is 0 Å². The summed E-state index contributed by atoms with van der Waals surface area (Å²) in [6.45, 7) is 5.23. The van der Waals surface area contributed by atoms with Gasteiger partial charge in [0.05, 0.1) is 18.2 Å². The predicted octanol–water partition coefficient (Wildman–Crippen LogP) is 3.48. The third kappa shape index (κ3) is 4.84. The molecule has 5 heteroatoms. The number of hydrogen-bond donors (Lipinski definition) is 0. The molecule has 1 fully saturated rings. The fraction of sp³-hybridized carbons (Fsp3) is 0.571. The second kappa shape index (κ2) is 7.95. The molecule has 0 bridgehead atoms. The number of ether oxygens (including phenoxy) is 2. The lowest BCUT2D eigenvalue weighted by molar-refractivity contribution is 0.0846. The Bertz CT molecular complexity index is 395. The van der Waals surface area contributed by atoms with Gasteiger partial charge in [0, 0.05) is 6.54 Å². The van der Waals surface area contributed by atoms with Gasteiger partial charge in [-0.1, -0.05) is 29.3 Å². The smallest absolute Gasteiger partial charge is 0.139 e. The molecule has 1 aromatic rings. The molecule has 1 aliphatic heterocycles. The molecule has 0 atom stereocenters. The number of likely N-dealkylation sites (tertiary alicyclic amines) is 1. The van der Waals surface area contributed by atoms with Crippen molar-refractivity contribution in [3.05, 3.63) is 28.2 Å². The largest absolute Gasteiger partial charge is 0.490 e. The molecule has 1 aliphatic rings. The molecule has 0 amide bonds. The Hall–Kier alpha value is -0.480. The highest BCUT2D eigenvalue weighted by molar-refractivity contribution is 6.42. The molecule has 106 valence electrons. The van der Waals surface area contributed by atoms with Gasteiger partial charge in [-0.3, -0.25) is 0 Å². The van der Waals surface area contributed by atoms with Crippen LogP contribution in [-0.4, -0.2) is 44.4 Å². The van der Waals surface area contributed by atoms with E-state index in [4.69, 9.17) is 32.7 Å². The van der Waals surface area contributed by atoms with Gasteiger partial charge >= 0.3 is 0 Å². The van der Waals surface area contributed by atoms with Gasteiger partial charge in [0.25, 0.3) is 0 Å². The monoisotopic (exact) mass is 303 g/mol. The van der Waals surface area contributed by atoms with Gasteiger partial charge in [-0.15, -0.1) is 0 Å². The van der Waals surface area contributed by atoms with Crippen molar-refractivity contribution in [1.29, 1.82) is 0 Å². The van der Waals surface area contributed by atoms with Crippen LogP contribution in [0.2, 0.25) is 10.0 Å². The highest BCUT2D eigenvalue weighted by Gasteiger charge is 2.10. The molecule has 19 heavy (non-hydrogen) atoms. The fourth-order valence-electron chi connectivity index (χ4n) is 2.11. The zero-order valence-electron chi connectivity index (χ0n) is 10.9. The average Bonchev–Trinajstić information content (AvgIpc) is 2.91. The highest BCUT2D eigenvalue weighted by Crippen LogP contribution is 2.31. The second-order valence-corrected chi connectivity index (χ2v) is 5.35. The molecule has 0 aromatic heterocycles. The van der Waals surface area contributed by atoms with Crippen LogP contribution in [-0.2, 0) is 4.74 Å². The van der Waals surface area contributed by atoms with E-state index in [-0.39, 0.29) is 0 Å². The molecule has 0 radical (unpaired) electrons. The second-order valence-electron chi connectivity index (χ2n) is 4.56. The van der Waals surface area contributed by atoms with Crippen molar-refractivity contribution in [1.82, 2.24) is 4.90 Å². The van der Waals surface area contributed by atoms with E-state index in [0.29, 0.717) is 29.0 Å². The van der Waals surface area contributed by atoms with E-state index in [1.54, 1.807) is 12.1 Å². The summed E-state index contributed by atoms with van der Waals surface area (Å²) in [5.74, 6) is 0.609. The summed E-state index contributed by atoms with van der Waals surface area (Å²) >= 11 is 11.9. The topological polar surface area (TPSA) is 21.7 Å². The van der Waals surface area contributed by atoms with Crippen LogP contribution in [0.4, 0.5) is 0 Å². The van der Waals surface area contributed by atoms with Gasteiger partial charge in [0.1, 0.15) is 17.4 Å². The van der Waals surface area contributed by atoms with Gasteiger partial charge < -0.3 is 14.4 Å². The van der Waals surface area contributed by atoms with E-state index in [1.165, 1.54) is 25.9 Å². The van der Waals surface area contributed by atoms with Crippen molar-refractivity contribution in [3.63, 3.8) is 0 Å². The summed E-state index contributed by atoms with van der Waals surface area (Å²) in [5.41, 5.74) is 0. The van der Waals surface area contributed by atoms with Crippen molar-refractivity contribution in [2.75, 3.05) is 39.5 Å². The lowest BCUT2D eigenvalue weighted by atomic mass is 10.3. The van der Waals surface area contributed by atoms with Crippen LogP contribution < -0.4 is 4.74 Å². The summed E-state index contributed by atoms with van der Waals surface area (Å²) in [4.78, 5) is 2.43. The molecular formula is C14H19Cl2NO2. The van der Waals surface area contributed by atoms with Crippen molar-refractivity contribution < 1.29 is 9.47 Å². The Morgan fingerprint density at radius 2 is 1.84 bits per heavy atom. The van der Waals surface area contributed by atoms with Crippen molar-refractivity contribution in [2.24, 2.45) is 0 Å². The van der Waals surface area contributed by atoms with E-state index in [9.17, 15) is 0 Å². The van der Waals surface area contributed by atoms with Crippen LogP contribution in [0.15, 0.2) is 18.2 Å². The summed E-state index contributed by atoms with van der Waals surface area (Å²) in [5, 5.41) is 0.968. The predicted molar refractivity (Wildman–Crippen MR) is 78.5 cm³/mol. The van der Waals surface area contributed by atoms with Gasteiger partial charge in [-0.05, 0) is 38.1 Å². The Morgan fingerprint density at radius 3 is 2.63 bits per heavy atom. The van der Waals surface area contributed by atoms with Gasteiger partial charge in [0.15, 0.2) is 0 Å². The molecule has 0 saturated carbocycles. The lowest BCUT2D eigenvalue weighted by Gasteiger charge is -2.14. The number of rotatable bonds is 7. The van der Waals surface area contributed by atoms with E-state index in [2.05, 4.69) is 4.90 Å². The first-order chi connectivity index (χ1) is 9.27. The van der Waals surface area contributed by atoms with Gasteiger partial charge in [-0.25, -0.2) is 0 Å². The number of benzene rings is 1. The minimum Gasteiger partial charge on any atom is -0.490 e. The third-order valence-electron chi connectivity index (χ3n) is 3.15. The Morgan fingerprint density at radius 1 is 1.05 bits per heavy atom. The standard InChI is InChI=1S/C14H19Cl2NO2/c15-12-4-3-5-13(14(12)16)19-11-10-18-9-8-17-6-1-2-7-17/h3-5H,1-2,6-11H2. The summed E-state index contributed by atoms with van der Waals surface area (Å²) in [6.07, 6.45) is 2.63. The highest BCUT2D eigenvalue weighted by atomic mass is 35.5. The average molecular weight is 304 g/mol. The van der Waals surface area contributed by atoms with E-state index < -0.39 is 0 Å². The SMILES string of the molecule is Clc1cccc(OCCOCCN2CCCC2)c1Cl. The van der Waals surface area contributed by atoms with Gasteiger partial charge in [0.2, 0.25) is 0 Å². The molecule has 1 heterocycles. The zero-order valence-corrected chi connectivity index (χ0v) is 12.4. The molecule has 0 aliphatic carbocycles. The zero-order chi connectivity index (χ0) is 13.5. The maximum atomic E-state index is 6.01. The van der Waals surface area contributed by atoms with E-state index in [1.807, 2.05) is 6.07 Å². The molecule has 0 N–H and O–H groups in total. The van der Waals surface area contributed by atoms with Crippen LogP contribution >= 0.6 is 23.2 Å². The van der Waals surface area contributed by atoms with Crippen molar-refractivity contribution >= 4 is 23.2 Å². The molecule has 0 unspecified atom stereocenters. The first-order valence-electron chi connectivity index (χ1n) is 6.64.